The van der Waals surface area contributed by atoms with E-state index in [1.165, 1.54) is 33.3 Å². The van der Waals surface area contributed by atoms with Crippen molar-refractivity contribution in [3.63, 3.8) is 0 Å². The number of carbonyl (C=O) groups is 1. The molecule has 2 aliphatic heterocycles. The Morgan fingerprint density at radius 3 is 2.35 bits per heavy atom. The summed E-state index contributed by atoms with van der Waals surface area (Å²) in [5.41, 5.74) is 9.04. The van der Waals surface area contributed by atoms with Crippen LogP contribution in [0.3, 0.4) is 0 Å². The van der Waals surface area contributed by atoms with Gasteiger partial charge in [-0.3, -0.25) is 9.78 Å². The zero-order valence-corrected chi connectivity index (χ0v) is 24.6. The predicted molar refractivity (Wildman–Crippen MR) is 165 cm³/mol. The Labute approximate surface area is 238 Å². The van der Waals surface area contributed by atoms with E-state index in [2.05, 4.69) is 96.9 Å². The molecule has 2 bridgehead atoms. The molecule has 4 aromatic rings. The maximum absolute atomic E-state index is 14.0. The third-order valence-electron chi connectivity index (χ3n) is 9.38. The smallest absolute Gasteiger partial charge is 0.233 e. The topological polar surface area (TPSA) is 52.2 Å². The fraction of sp³-hybridized carbons (Fsp3) is 0.429. The maximum atomic E-state index is 14.0. The van der Waals surface area contributed by atoms with Gasteiger partial charge in [0.15, 0.2) is 0 Å². The van der Waals surface area contributed by atoms with E-state index < -0.39 is 5.41 Å². The summed E-state index contributed by atoms with van der Waals surface area (Å²) in [5, 5.41) is 1.22. The molecule has 2 fully saturated rings. The van der Waals surface area contributed by atoms with Gasteiger partial charge >= 0.3 is 0 Å². The Hall–Kier alpha value is -3.60. The van der Waals surface area contributed by atoms with E-state index in [1.807, 2.05) is 18.5 Å². The number of anilines is 1. The number of hydrogen-bond acceptors (Lipinski definition) is 3. The average Bonchev–Trinajstić information content (AvgIpc) is 3.65. The van der Waals surface area contributed by atoms with E-state index in [4.69, 9.17) is 0 Å². The van der Waals surface area contributed by atoms with Gasteiger partial charge in [-0.15, -0.1) is 0 Å². The molecule has 0 unspecified atom stereocenters. The molecule has 0 radical (unpaired) electrons. The second kappa shape index (κ2) is 10.4. The van der Waals surface area contributed by atoms with Crippen molar-refractivity contribution >= 4 is 22.5 Å². The van der Waals surface area contributed by atoms with Crippen LogP contribution in [-0.4, -0.2) is 45.9 Å². The van der Waals surface area contributed by atoms with Crippen molar-refractivity contribution in [1.29, 1.82) is 0 Å². The van der Waals surface area contributed by atoms with Crippen molar-refractivity contribution < 1.29 is 4.79 Å². The number of pyridine rings is 1. The van der Waals surface area contributed by atoms with Crippen molar-refractivity contribution in [2.24, 2.45) is 0 Å². The maximum Gasteiger partial charge on any atom is 0.233 e. The van der Waals surface area contributed by atoms with Crippen LogP contribution in [0.2, 0.25) is 0 Å². The number of amides is 1. The lowest BCUT2D eigenvalue weighted by molar-refractivity contribution is -0.137. The molecular weight excluding hydrogens is 492 g/mol. The minimum absolute atomic E-state index is 0.289. The Kier molecular flexibility index (Phi) is 6.93. The molecule has 6 rings (SSSR count). The first-order chi connectivity index (χ1) is 19.3. The van der Waals surface area contributed by atoms with Gasteiger partial charge in [-0.05, 0) is 120 Å². The molecule has 5 nitrogen and oxygen atoms in total. The van der Waals surface area contributed by atoms with E-state index in [0.29, 0.717) is 12.1 Å². The zero-order chi connectivity index (χ0) is 28.0. The summed E-state index contributed by atoms with van der Waals surface area (Å²) in [6.45, 7) is 12.6. The zero-order valence-electron chi connectivity index (χ0n) is 24.6. The van der Waals surface area contributed by atoms with Crippen LogP contribution in [-0.2, 0) is 16.6 Å². The number of aromatic nitrogens is 2. The van der Waals surface area contributed by atoms with Crippen LogP contribution in [0.4, 0.5) is 5.69 Å². The third kappa shape index (κ3) is 4.70. The van der Waals surface area contributed by atoms with E-state index in [1.54, 1.807) is 0 Å². The third-order valence-corrected chi connectivity index (χ3v) is 9.38. The van der Waals surface area contributed by atoms with Crippen LogP contribution in [0, 0.1) is 13.8 Å². The largest absolute Gasteiger partial charge is 0.370 e. The quantitative estimate of drug-likeness (QED) is 0.257. The highest BCUT2D eigenvalue weighted by molar-refractivity contribution is 5.94. The van der Waals surface area contributed by atoms with Crippen LogP contribution in [0.5, 0.6) is 0 Å². The molecule has 2 aliphatic rings. The number of rotatable bonds is 8. The number of nitrogens with one attached hydrogen (secondary N) is 1. The summed E-state index contributed by atoms with van der Waals surface area (Å²) in [7, 11) is 0. The normalized spacial score (nSPS) is 18.6. The first-order valence-electron chi connectivity index (χ1n) is 15.0. The standard InChI is InChI=1S/C35H42N4O/c1-6-38(29-8-7-16-36-22-29)17-15-30-31-21-26(35(4,5)34(40)39-27-10-11-28(39)13-12-27)9-14-32(31)37-33(30)25-19-23(2)18-24(3)20-25/h7-9,14,16,18-22,27-28,37H,6,10-13,15,17H2,1-5H3. The number of H-pyrrole nitrogens is 1. The summed E-state index contributed by atoms with van der Waals surface area (Å²) in [6, 6.07) is 18.4. The van der Waals surface area contributed by atoms with Crippen molar-refractivity contribution in [2.45, 2.75) is 84.2 Å². The second-order valence-corrected chi connectivity index (χ2v) is 12.5. The van der Waals surface area contributed by atoms with Gasteiger partial charge in [0.05, 0.1) is 17.3 Å². The molecule has 0 spiro atoms. The van der Waals surface area contributed by atoms with E-state index in [-0.39, 0.29) is 5.91 Å². The van der Waals surface area contributed by atoms with Gasteiger partial charge in [-0.25, -0.2) is 0 Å². The Morgan fingerprint density at radius 1 is 1.02 bits per heavy atom. The van der Waals surface area contributed by atoms with Crippen molar-refractivity contribution in [2.75, 3.05) is 18.0 Å². The number of hydrogen-bond donors (Lipinski definition) is 1. The fourth-order valence-electron chi connectivity index (χ4n) is 7.21. The van der Waals surface area contributed by atoms with Crippen molar-refractivity contribution in [3.8, 4) is 11.3 Å². The number of carbonyl (C=O) groups excluding carboxylic acids is 1. The molecular formula is C35H42N4O. The average molecular weight is 535 g/mol. The molecule has 1 N–H and O–H groups in total. The molecule has 5 heteroatoms. The monoisotopic (exact) mass is 534 g/mol. The number of aromatic amines is 1. The van der Waals surface area contributed by atoms with E-state index >= 15 is 0 Å². The first kappa shape index (κ1) is 26.6. The van der Waals surface area contributed by atoms with Crippen molar-refractivity contribution in [1.82, 2.24) is 14.9 Å². The number of likely N-dealkylation sites (N-methyl/N-ethyl adjacent to an activating group) is 1. The molecule has 2 aromatic carbocycles. The fourth-order valence-corrected chi connectivity index (χ4v) is 7.21. The SMILES string of the molecule is CCN(CCc1c(-c2cc(C)cc(C)c2)[nH]c2ccc(C(C)(C)C(=O)N3C4CCC3CC4)cc12)c1cccnc1. The summed E-state index contributed by atoms with van der Waals surface area (Å²) >= 11 is 0. The van der Waals surface area contributed by atoms with Gasteiger partial charge in [0.25, 0.3) is 0 Å². The Bertz CT molecular complexity index is 1500. The van der Waals surface area contributed by atoms with Crippen LogP contribution in [0.25, 0.3) is 22.2 Å². The molecule has 2 aromatic heterocycles. The summed E-state index contributed by atoms with van der Waals surface area (Å²) < 4.78 is 0. The highest BCUT2D eigenvalue weighted by Crippen LogP contribution is 2.42. The minimum atomic E-state index is -0.570. The Balaban J connectivity index is 1.41. The molecule has 0 aliphatic carbocycles. The lowest BCUT2D eigenvalue weighted by atomic mass is 9.82. The Morgan fingerprint density at radius 2 is 1.73 bits per heavy atom. The van der Waals surface area contributed by atoms with E-state index in [0.717, 1.165) is 62.0 Å². The molecule has 40 heavy (non-hydrogen) atoms. The van der Waals surface area contributed by atoms with Crippen LogP contribution in [0.1, 0.15) is 68.7 Å². The number of nitrogens with zero attached hydrogens (tertiary/aromatic N) is 3. The minimum Gasteiger partial charge on any atom is -0.370 e. The lowest BCUT2D eigenvalue weighted by Crippen LogP contribution is -2.45. The van der Waals surface area contributed by atoms with Crippen molar-refractivity contribution in [3.05, 3.63) is 83.2 Å². The van der Waals surface area contributed by atoms with Gasteiger partial charge < -0.3 is 14.8 Å². The second-order valence-electron chi connectivity index (χ2n) is 12.5. The van der Waals surface area contributed by atoms with E-state index in [9.17, 15) is 4.79 Å². The number of aryl methyl sites for hydroxylation is 2. The van der Waals surface area contributed by atoms with Gasteiger partial charge in [0.1, 0.15) is 0 Å². The summed E-state index contributed by atoms with van der Waals surface area (Å²) in [5.74, 6) is 0.289. The molecule has 2 saturated heterocycles. The molecule has 1 amide bonds. The highest BCUT2D eigenvalue weighted by Gasteiger charge is 2.46. The number of benzene rings is 2. The summed E-state index contributed by atoms with van der Waals surface area (Å²) in [6.07, 6.45) is 9.32. The molecule has 4 heterocycles. The molecule has 208 valence electrons. The highest BCUT2D eigenvalue weighted by atomic mass is 16.2. The van der Waals surface area contributed by atoms with Gasteiger partial charge in [-0.1, -0.05) is 23.3 Å². The van der Waals surface area contributed by atoms with Crippen LogP contribution >= 0.6 is 0 Å². The van der Waals surface area contributed by atoms with Crippen LogP contribution < -0.4 is 4.90 Å². The lowest BCUT2D eigenvalue weighted by Gasteiger charge is -2.33. The van der Waals surface area contributed by atoms with Gasteiger partial charge in [-0.2, -0.15) is 0 Å². The van der Waals surface area contributed by atoms with Crippen LogP contribution in [0.15, 0.2) is 60.9 Å². The predicted octanol–water partition coefficient (Wildman–Crippen LogP) is 7.35. The summed E-state index contributed by atoms with van der Waals surface area (Å²) in [4.78, 5) is 26.7. The van der Waals surface area contributed by atoms with Gasteiger partial charge in [0.2, 0.25) is 5.91 Å². The molecule has 0 atom stereocenters. The van der Waals surface area contributed by atoms with Gasteiger partial charge in [0, 0.05) is 48.0 Å². The molecule has 0 saturated carbocycles. The first-order valence-corrected chi connectivity index (χ1v) is 15.0. The number of fused-ring (bicyclic) bond motifs is 3.